The lowest BCUT2D eigenvalue weighted by Crippen LogP contribution is -2.17. The fourth-order valence-electron chi connectivity index (χ4n) is 4.04. The quantitative estimate of drug-likeness (QED) is 0.630. The van der Waals surface area contributed by atoms with Crippen molar-refractivity contribution in [1.29, 1.82) is 0 Å². The SMILES string of the molecule is Cc1nc(C2CCC(c3ccc(F)cc3)CC2)n(CC2CC2)c1Br. The Morgan fingerprint density at radius 3 is 2.29 bits per heavy atom. The second-order valence-corrected chi connectivity index (χ2v) is 8.25. The van der Waals surface area contributed by atoms with Crippen molar-refractivity contribution >= 4 is 15.9 Å². The van der Waals surface area contributed by atoms with Gasteiger partial charge in [-0.05, 0) is 90.9 Å². The summed E-state index contributed by atoms with van der Waals surface area (Å²) in [5.74, 6) is 3.12. The summed E-state index contributed by atoms with van der Waals surface area (Å²) in [7, 11) is 0. The maximum atomic E-state index is 13.1. The van der Waals surface area contributed by atoms with Gasteiger partial charge in [-0.25, -0.2) is 9.37 Å². The van der Waals surface area contributed by atoms with Gasteiger partial charge in [0.1, 0.15) is 16.2 Å². The first-order valence-corrected chi connectivity index (χ1v) is 9.89. The van der Waals surface area contributed by atoms with Gasteiger partial charge in [0, 0.05) is 12.5 Å². The number of benzene rings is 1. The molecule has 0 unspecified atom stereocenters. The van der Waals surface area contributed by atoms with Gasteiger partial charge in [-0.2, -0.15) is 0 Å². The summed E-state index contributed by atoms with van der Waals surface area (Å²) < 4.78 is 16.7. The number of aromatic nitrogens is 2. The van der Waals surface area contributed by atoms with Crippen molar-refractivity contribution < 1.29 is 4.39 Å². The number of imidazole rings is 1. The molecule has 4 heteroatoms. The molecule has 2 aliphatic rings. The van der Waals surface area contributed by atoms with Crippen molar-refractivity contribution in [2.75, 3.05) is 0 Å². The lowest BCUT2D eigenvalue weighted by atomic mass is 9.78. The van der Waals surface area contributed by atoms with E-state index < -0.39 is 0 Å². The monoisotopic (exact) mass is 390 g/mol. The summed E-state index contributed by atoms with van der Waals surface area (Å²) >= 11 is 3.74. The third kappa shape index (κ3) is 3.30. The molecule has 1 heterocycles. The molecule has 0 radical (unpaired) electrons. The van der Waals surface area contributed by atoms with E-state index in [4.69, 9.17) is 4.98 Å². The number of rotatable bonds is 4. The summed E-state index contributed by atoms with van der Waals surface area (Å²) in [5, 5.41) is 0. The zero-order chi connectivity index (χ0) is 16.7. The Bertz CT molecular complexity index is 710. The zero-order valence-electron chi connectivity index (χ0n) is 14.1. The van der Waals surface area contributed by atoms with Gasteiger partial charge >= 0.3 is 0 Å². The van der Waals surface area contributed by atoms with Crippen LogP contribution in [0.4, 0.5) is 4.39 Å². The van der Waals surface area contributed by atoms with Crippen molar-refractivity contribution in [3.63, 3.8) is 0 Å². The molecule has 0 atom stereocenters. The Balaban J connectivity index is 1.47. The van der Waals surface area contributed by atoms with Crippen molar-refractivity contribution in [2.24, 2.45) is 5.92 Å². The maximum Gasteiger partial charge on any atom is 0.123 e. The molecule has 2 saturated carbocycles. The van der Waals surface area contributed by atoms with E-state index in [0.717, 1.165) is 18.2 Å². The molecule has 24 heavy (non-hydrogen) atoms. The van der Waals surface area contributed by atoms with Crippen molar-refractivity contribution in [1.82, 2.24) is 9.55 Å². The molecule has 4 rings (SSSR count). The van der Waals surface area contributed by atoms with E-state index >= 15 is 0 Å². The minimum absolute atomic E-state index is 0.144. The smallest absolute Gasteiger partial charge is 0.123 e. The molecule has 0 amide bonds. The van der Waals surface area contributed by atoms with Gasteiger partial charge in [-0.3, -0.25) is 0 Å². The topological polar surface area (TPSA) is 17.8 Å². The number of halogens is 2. The third-order valence-electron chi connectivity index (χ3n) is 5.67. The summed E-state index contributed by atoms with van der Waals surface area (Å²) in [5.41, 5.74) is 2.40. The Labute approximate surface area is 151 Å². The number of nitrogens with zero attached hydrogens (tertiary/aromatic N) is 2. The molecular weight excluding hydrogens is 367 g/mol. The van der Waals surface area contributed by atoms with Crippen LogP contribution in [0.25, 0.3) is 0 Å². The Morgan fingerprint density at radius 2 is 1.67 bits per heavy atom. The molecule has 1 aromatic carbocycles. The second-order valence-electron chi connectivity index (χ2n) is 7.50. The summed E-state index contributed by atoms with van der Waals surface area (Å²) in [4.78, 5) is 4.89. The number of aryl methyl sites for hydroxylation is 1. The lowest BCUT2D eigenvalue weighted by Gasteiger charge is -2.29. The van der Waals surface area contributed by atoms with E-state index in [0.29, 0.717) is 11.8 Å². The van der Waals surface area contributed by atoms with Gasteiger partial charge in [0.05, 0.1) is 5.69 Å². The molecule has 0 saturated heterocycles. The summed E-state index contributed by atoms with van der Waals surface area (Å²) in [6, 6.07) is 7.08. The van der Waals surface area contributed by atoms with Gasteiger partial charge in [0.25, 0.3) is 0 Å². The van der Waals surface area contributed by atoms with E-state index in [2.05, 4.69) is 27.4 Å². The van der Waals surface area contributed by atoms with Crippen molar-refractivity contribution in [3.8, 4) is 0 Å². The third-order valence-corrected chi connectivity index (χ3v) is 6.67. The van der Waals surface area contributed by atoms with Gasteiger partial charge in [-0.15, -0.1) is 0 Å². The normalized spacial score (nSPS) is 24.3. The van der Waals surface area contributed by atoms with Crippen LogP contribution in [0.5, 0.6) is 0 Å². The highest BCUT2D eigenvalue weighted by atomic mass is 79.9. The maximum absolute atomic E-state index is 13.1. The van der Waals surface area contributed by atoms with Crippen LogP contribution in [-0.2, 0) is 6.54 Å². The van der Waals surface area contributed by atoms with E-state index in [1.165, 1.54) is 54.5 Å². The molecule has 0 bridgehead atoms. The van der Waals surface area contributed by atoms with Crippen LogP contribution >= 0.6 is 15.9 Å². The second kappa shape index (κ2) is 6.62. The number of hydrogen-bond acceptors (Lipinski definition) is 1. The van der Waals surface area contributed by atoms with E-state index in [9.17, 15) is 4.39 Å². The van der Waals surface area contributed by atoms with Crippen molar-refractivity contribution in [3.05, 3.63) is 51.8 Å². The first-order chi connectivity index (χ1) is 11.6. The predicted octanol–water partition coefficient (Wildman–Crippen LogP) is 5.94. The molecule has 2 aliphatic carbocycles. The van der Waals surface area contributed by atoms with Gasteiger partial charge in [0.2, 0.25) is 0 Å². The van der Waals surface area contributed by atoms with Crippen LogP contribution < -0.4 is 0 Å². The Hall–Kier alpha value is -1.16. The molecule has 2 fully saturated rings. The number of hydrogen-bond donors (Lipinski definition) is 0. The van der Waals surface area contributed by atoms with Crippen LogP contribution in [0, 0.1) is 18.7 Å². The lowest BCUT2D eigenvalue weighted by molar-refractivity contribution is 0.373. The molecule has 2 nitrogen and oxygen atoms in total. The van der Waals surface area contributed by atoms with Crippen LogP contribution in [-0.4, -0.2) is 9.55 Å². The first kappa shape index (κ1) is 16.3. The fraction of sp³-hybridized carbons (Fsp3) is 0.550. The molecule has 0 spiro atoms. The average Bonchev–Trinajstić information content (AvgIpc) is 3.37. The standard InChI is InChI=1S/C20H24BrFN2/c1-13-19(21)24(12-14-2-3-14)20(23-13)17-6-4-15(5-7-17)16-8-10-18(22)11-9-16/h8-11,14-15,17H,2-7,12H2,1H3. The Kier molecular flexibility index (Phi) is 4.50. The van der Waals surface area contributed by atoms with Gasteiger partial charge < -0.3 is 4.57 Å². The summed E-state index contributed by atoms with van der Waals surface area (Å²) in [6.45, 7) is 3.22. The molecular formula is C20H24BrFN2. The van der Waals surface area contributed by atoms with Gasteiger partial charge in [0.15, 0.2) is 0 Å². The van der Waals surface area contributed by atoms with E-state index in [1.807, 2.05) is 12.1 Å². The molecule has 0 N–H and O–H groups in total. The van der Waals surface area contributed by atoms with Crippen LogP contribution in [0.3, 0.4) is 0 Å². The van der Waals surface area contributed by atoms with E-state index in [1.54, 1.807) is 12.1 Å². The minimum atomic E-state index is -0.144. The van der Waals surface area contributed by atoms with Gasteiger partial charge in [-0.1, -0.05) is 12.1 Å². The highest BCUT2D eigenvalue weighted by Gasteiger charge is 2.30. The fourth-order valence-corrected chi connectivity index (χ4v) is 4.45. The predicted molar refractivity (Wildman–Crippen MR) is 97.7 cm³/mol. The minimum Gasteiger partial charge on any atom is -0.322 e. The highest BCUT2D eigenvalue weighted by Crippen LogP contribution is 2.42. The molecule has 128 valence electrons. The van der Waals surface area contributed by atoms with E-state index in [-0.39, 0.29) is 5.82 Å². The molecule has 1 aromatic heterocycles. The Morgan fingerprint density at radius 1 is 1.04 bits per heavy atom. The zero-order valence-corrected chi connectivity index (χ0v) is 15.7. The van der Waals surface area contributed by atoms with Crippen LogP contribution in [0.2, 0.25) is 0 Å². The highest BCUT2D eigenvalue weighted by molar-refractivity contribution is 9.10. The largest absolute Gasteiger partial charge is 0.322 e. The van der Waals surface area contributed by atoms with Crippen LogP contribution in [0.1, 0.15) is 67.4 Å². The molecule has 0 aliphatic heterocycles. The first-order valence-electron chi connectivity index (χ1n) is 9.10. The summed E-state index contributed by atoms with van der Waals surface area (Å²) in [6.07, 6.45) is 7.42. The molecule has 2 aromatic rings. The van der Waals surface area contributed by atoms with Crippen molar-refractivity contribution in [2.45, 2.75) is 63.8 Å². The average molecular weight is 391 g/mol. The van der Waals surface area contributed by atoms with Crippen LogP contribution in [0.15, 0.2) is 28.9 Å².